The number of aromatic nitrogens is 4. The van der Waals surface area contributed by atoms with Crippen LogP contribution in [0.4, 0.5) is 0 Å². The molecular weight excluding hydrogens is 347 g/mol. The first-order valence-electron chi connectivity index (χ1n) is 6.24. The Morgan fingerprint density at radius 3 is 2.73 bits per heavy atom. The van der Waals surface area contributed by atoms with E-state index in [9.17, 15) is 5.11 Å². The van der Waals surface area contributed by atoms with Gasteiger partial charge in [0.05, 0.1) is 16.6 Å². The predicted octanol–water partition coefficient (Wildman–Crippen LogP) is 4.05. The molecule has 5 nitrogen and oxygen atoms in total. The molecule has 3 rings (SSSR count). The zero-order valence-corrected chi connectivity index (χ0v) is 13.3. The van der Waals surface area contributed by atoms with Crippen molar-refractivity contribution in [1.82, 2.24) is 20.2 Å². The highest BCUT2D eigenvalue weighted by Gasteiger charge is 2.15. The molecule has 0 radical (unpaired) electrons. The monoisotopic (exact) mass is 354 g/mol. The van der Waals surface area contributed by atoms with Gasteiger partial charge < -0.3 is 5.11 Å². The topological polar surface area (TPSA) is 63.8 Å². The fraction of sp³-hybridized carbons (Fsp3) is 0.0714. The van der Waals surface area contributed by atoms with E-state index in [-0.39, 0.29) is 12.3 Å². The molecule has 1 N–H and O–H groups in total. The number of hydrogen-bond acceptors (Lipinski definition) is 4. The number of rotatable bonds is 3. The van der Waals surface area contributed by atoms with E-state index in [1.165, 1.54) is 10.7 Å². The molecule has 0 aliphatic heterocycles. The van der Waals surface area contributed by atoms with Gasteiger partial charge in [-0.1, -0.05) is 40.9 Å². The summed E-state index contributed by atoms with van der Waals surface area (Å²) in [5, 5.41) is 22.8. The molecule has 1 aromatic heterocycles. The summed E-state index contributed by atoms with van der Waals surface area (Å²) in [6.45, 7) is 0.248. The van der Waals surface area contributed by atoms with Crippen LogP contribution >= 0.6 is 34.8 Å². The predicted molar refractivity (Wildman–Crippen MR) is 85.5 cm³/mol. The van der Waals surface area contributed by atoms with Crippen LogP contribution in [0.25, 0.3) is 11.4 Å². The van der Waals surface area contributed by atoms with Crippen LogP contribution in [-0.4, -0.2) is 25.3 Å². The van der Waals surface area contributed by atoms with Gasteiger partial charge in [-0.25, -0.2) is 4.68 Å². The first-order chi connectivity index (χ1) is 10.6. The molecule has 1 heterocycles. The molecular formula is C14H9Cl3N4O. The Bertz CT molecular complexity index is 835. The smallest absolute Gasteiger partial charge is 0.183 e. The van der Waals surface area contributed by atoms with Crippen molar-refractivity contribution in [1.29, 1.82) is 0 Å². The van der Waals surface area contributed by atoms with Gasteiger partial charge in [0.25, 0.3) is 0 Å². The number of tetrazole rings is 1. The molecule has 8 heteroatoms. The van der Waals surface area contributed by atoms with Crippen molar-refractivity contribution in [2.75, 3.05) is 0 Å². The van der Waals surface area contributed by atoms with Crippen LogP contribution in [-0.2, 0) is 6.54 Å². The summed E-state index contributed by atoms with van der Waals surface area (Å²) in [5.41, 5.74) is 1.21. The standard InChI is InChI=1S/C14H9Cl3N4O/c15-9-4-5-12(22)8(6-9)7-21-14(18-19-20-21)10-2-1-3-11(16)13(10)17/h1-6,22H,7H2. The zero-order valence-electron chi connectivity index (χ0n) is 11.0. The second kappa shape index (κ2) is 6.12. The lowest BCUT2D eigenvalue weighted by Crippen LogP contribution is -2.05. The van der Waals surface area contributed by atoms with Gasteiger partial charge in [-0.3, -0.25) is 0 Å². The van der Waals surface area contributed by atoms with Gasteiger partial charge in [-0.05, 0) is 40.8 Å². The van der Waals surface area contributed by atoms with Gasteiger partial charge in [0.2, 0.25) is 0 Å². The number of halogens is 3. The molecule has 0 amide bonds. The minimum absolute atomic E-state index is 0.114. The third-order valence-electron chi connectivity index (χ3n) is 3.09. The molecule has 0 saturated heterocycles. The van der Waals surface area contributed by atoms with Crippen LogP contribution in [0.5, 0.6) is 5.75 Å². The Balaban J connectivity index is 2.03. The highest BCUT2D eigenvalue weighted by atomic mass is 35.5. The third kappa shape index (κ3) is 2.88. The molecule has 0 aliphatic rings. The van der Waals surface area contributed by atoms with E-state index in [0.717, 1.165) is 0 Å². The zero-order chi connectivity index (χ0) is 15.7. The molecule has 0 bridgehead atoms. The van der Waals surface area contributed by atoms with E-state index in [4.69, 9.17) is 34.8 Å². The van der Waals surface area contributed by atoms with E-state index in [0.29, 0.717) is 32.0 Å². The molecule has 0 atom stereocenters. The SMILES string of the molecule is Oc1ccc(Cl)cc1Cn1nnnc1-c1cccc(Cl)c1Cl. The maximum Gasteiger partial charge on any atom is 0.183 e. The van der Waals surface area contributed by atoms with Gasteiger partial charge in [0, 0.05) is 16.1 Å². The summed E-state index contributed by atoms with van der Waals surface area (Å²) in [4.78, 5) is 0. The van der Waals surface area contributed by atoms with Gasteiger partial charge in [-0.15, -0.1) is 5.10 Å². The lowest BCUT2D eigenvalue weighted by atomic mass is 10.2. The first kappa shape index (κ1) is 15.1. The van der Waals surface area contributed by atoms with E-state index >= 15 is 0 Å². The number of phenolic OH excluding ortho intramolecular Hbond substituents is 1. The lowest BCUT2D eigenvalue weighted by Gasteiger charge is -2.08. The highest BCUT2D eigenvalue weighted by Crippen LogP contribution is 2.32. The van der Waals surface area contributed by atoms with E-state index in [2.05, 4.69) is 15.5 Å². The molecule has 0 spiro atoms. The van der Waals surface area contributed by atoms with E-state index in [1.807, 2.05) is 0 Å². The van der Waals surface area contributed by atoms with Crippen LogP contribution in [0.15, 0.2) is 36.4 Å². The fourth-order valence-electron chi connectivity index (χ4n) is 2.02. The third-order valence-corrected chi connectivity index (χ3v) is 4.14. The molecule has 112 valence electrons. The minimum atomic E-state index is 0.114. The van der Waals surface area contributed by atoms with Crippen molar-refractivity contribution in [2.24, 2.45) is 0 Å². The van der Waals surface area contributed by atoms with Gasteiger partial charge >= 0.3 is 0 Å². The number of phenols is 1. The van der Waals surface area contributed by atoms with Crippen molar-refractivity contribution < 1.29 is 5.11 Å². The molecule has 0 saturated carbocycles. The second-order valence-corrected chi connectivity index (χ2v) is 5.76. The molecule has 2 aromatic carbocycles. The van der Waals surface area contributed by atoms with Crippen LogP contribution in [0.1, 0.15) is 5.56 Å². The summed E-state index contributed by atoms with van der Waals surface area (Å²) in [5.74, 6) is 0.565. The van der Waals surface area contributed by atoms with Crippen molar-refractivity contribution in [2.45, 2.75) is 6.54 Å². The van der Waals surface area contributed by atoms with Crippen LogP contribution in [0.3, 0.4) is 0 Å². The number of hydrogen-bond donors (Lipinski definition) is 1. The minimum Gasteiger partial charge on any atom is -0.508 e. The van der Waals surface area contributed by atoms with Gasteiger partial charge in [0.15, 0.2) is 5.82 Å². The van der Waals surface area contributed by atoms with E-state index in [1.54, 1.807) is 30.3 Å². The normalized spacial score (nSPS) is 10.9. The molecule has 0 fully saturated rings. The summed E-state index contributed by atoms with van der Waals surface area (Å²) in [6, 6.07) is 10.0. The Morgan fingerprint density at radius 2 is 1.91 bits per heavy atom. The Morgan fingerprint density at radius 1 is 1.09 bits per heavy atom. The lowest BCUT2D eigenvalue weighted by molar-refractivity contribution is 0.463. The van der Waals surface area contributed by atoms with Crippen molar-refractivity contribution in [3.8, 4) is 17.1 Å². The summed E-state index contributed by atoms with van der Waals surface area (Å²) >= 11 is 18.2. The molecule has 3 aromatic rings. The summed E-state index contributed by atoms with van der Waals surface area (Å²) in [6.07, 6.45) is 0. The Hall–Kier alpha value is -1.82. The molecule has 22 heavy (non-hydrogen) atoms. The second-order valence-electron chi connectivity index (χ2n) is 4.53. The molecule has 0 unspecified atom stereocenters. The Kier molecular flexibility index (Phi) is 4.20. The maximum absolute atomic E-state index is 9.91. The first-order valence-corrected chi connectivity index (χ1v) is 7.37. The number of nitrogens with zero attached hydrogens (tertiary/aromatic N) is 4. The average Bonchev–Trinajstić information content (AvgIpc) is 2.94. The van der Waals surface area contributed by atoms with Crippen LogP contribution < -0.4 is 0 Å². The fourth-order valence-corrected chi connectivity index (χ4v) is 2.60. The van der Waals surface area contributed by atoms with Crippen LogP contribution in [0.2, 0.25) is 15.1 Å². The quantitative estimate of drug-likeness (QED) is 0.769. The van der Waals surface area contributed by atoms with Crippen molar-refractivity contribution in [3.05, 3.63) is 57.0 Å². The highest BCUT2D eigenvalue weighted by molar-refractivity contribution is 6.43. The molecule has 0 aliphatic carbocycles. The van der Waals surface area contributed by atoms with Gasteiger partial charge in [-0.2, -0.15) is 0 Å². The number of benzene rings is 2. The van der Waals surface area contributed by atoms with Crippen molar-refractivity contribution >= 4 is 34.8 Å². The van der Waals surface area contributed by atoms with Gasteiger partial charge in [0.1, 0.15) is 5.75 Å². The summed E-state index contributed by atoms with van der Waals surface area (Å²) in [7, 11) is 0. The largest absolute Gasteiger partial charge is 0.508 e. The Labute approximate surface area is 141 Å². The number of aromatic hydroxyl groups is 1. The van der Waals surface area contributed by atoms with E-state index < -0.39 is 0 Å². The maximum atomic E-state index is 9.91. The summed E-state index contributed by atoms with van der Waals surface area (Å²) < 4.78 is 1.52. The van der Waals surface area contributed by atoms with Crippen LogP contribution in [0, 0.1) is 0 Å². The average molecular weight is 356 g/mol. The van der Waals surface area contributed by atoms with Crippen molar-refractivity contribution in [3.63, 3.8) is 0 Å².